The number of aliphatic hydroxyl groups excluding tert-OH is 1. The standard InChI is InChI=1S/C23H26FN3O5/c1-13-7-8-15(19(24)22(13)31-2)21(28)18(32-14-5-3-4-6-14)12-27-11-17-20(26-27)16(23(29)30)9-10-25-17/h7-11,14,18,21,28H,3-6,12H2,1-2H3,(H,29,30). The first kappa shape index (κ1) is 22.2. The zero-order valence-corrected chi connectivity index (χ0v) is 18.0. The van der Waals surface area contributed by atoms with Gasteiger partial charge in [-0.15, -0.1) is 0 Å². The van der Waals surface area contributed by atoms with Gasteiger partial charge in [0.1, 0.15) is 23.2 Å². The summed E-state index contributed by atoms with van der Waals surface area (Å²) in [6.45, 7) is 1.83. The molecule has 2 N–H and O–H groups in total. The molecule has 0 aliphatic heterocycles. The monoisotopic (exact) mass is 443 g/mol. The third-order valence-electron chi connectivity index (χ3n) is 5.92. The Hall–Kier alpha value is -3.04. The van der Waals surface area contributed by atoms with Crippen molar-refractivity contribution in [3.8, 4) is 5.75 Å². The van der Waals surface area contributed by atoms with Gasteiger partial charge in [0, 0.05) is 11.8 Å². The molecule has 1 aromatic carbocycles. The first-order valence-electron chi connectivity index (χ1n) is 10.6. The van der Waals surface area contributed by atoms with Crippen LogP contribution in [0.15, 0.2) is 30.6 Å². The largest absolute Gasteiger partial charge is 0.493 e. The van der Waals surface area contributed by atoms with E-state index in [0.29, 0.717) is 11.1 Å². The average molecular weight is 443 g/mol. The first-order chi connectivity index (χ1) is 15.4. The molecule has 0 bridgehead atoms. The van der Waals surface area contributed by atoms with Gasteiger partial charge >= 0.3 is 5.97 Å². The predicted octanol–water partition coefficient (Wildman–Crippen LogP) is 3.65. The number of carboxylic acid groups (broad SMARTS) is 1. The number of carboxylic acids is 1. The summed E-state index contributed by atoms with van der Waals surface area (Å²) in [5, 5.41) is 24.9. The molecule has 0 saturated heterocycles. The van der Waals surface area contributed by atoms with Crippen LogP contribution in [0.4, 0.5) is 4.39 Å². The number of aliphatic hydroxyl groups is 1. The van der Waals surface area contributed by atoms with Gasteiger partial charge in [-0.25, -0.2) is 9.18 Å². The predicted molar refractivity (Wildman–Crippen MR) is 114 cm³/mol. The van der Waals surface area contributed by atoms with Gasteiger partial charge in [-0.3, -0.25) is 9.67 Å². The minimum absolute atomic E-state index is 0.0388. The molecule has 0 amide bonds. The van der Waals surface area contributed by atoms with E-state index in [-0.39, 0.29) is 35.0 Å². The molecule has 1 aliphatic rings. The zero-order chi connectivity index (χ0) is 22.8. The Kier molecular flexibility index (Phi) is 6.38. The van der Waals surface area contributed by atoms with Gasteiger partial charge < -0.3 is 19.7 Å². The van der Waals surface area contributed by atoms with Gasteiger partial charge in [0.2, 0.25) is 0 Å². The normalized spacial score (nSPS) is 16.4. The minimum atomic E-state index is -1.27. The van der Waals surface area contributed by atoms with Crippen LogP contribution >= 0.6 is 0 Å². The number of carbonyl (C=O) groups is 1. The quantitative estimate of drug-likeness (QED) is 0.547. The zero-order valence-electron chi connectivity index (χ0n) is 18.0. The van der Waals surface area contributed by atoms with E-state index in [1.807, 2.05) is 0 Å². The molecule has 1 aliphatic carbocycles. The van der Waals surface area contributed by atoms with E-state index in [0.717, 1.165) is 25.7 Å². The number of nitrogens with zero attached hydrogens (tertiary/aromatic N) is 3. The van der Waals surface area contributed by atoms with Crippen molar-refractivity contribution in [3.63, 3.8) is 0 Å². The number of benzene rings is 1. The Morgan fingerprint density at radius 2 is 2.06 bits per heavy atom. The van der Waals surface area contributed by atoms with Gasteiger partial charge in [-0.2, -0.15) is 5.10 Å². The molecule has 0 radical (unpaired) electrons. The number of aryl methyl sites for hydroxylation is 1. The molecular weight excluding hydrogens is 417 g/mol. The summed E-state index contributed by atoms with van der Waals surface area (Å²) in [7, 11) is 1.39. The summed E-state index contributed by atoms with van der Waals surface area (Å²) in [6.07, 6.45) is 4.71. The molecule has 1 saturated carbocycles. The molecule has 2 unspecified atom stereocenters. The maximum absolute atomic E-state index is 15.1. The number of pyridine rings is 1. The molecule has 2 aromatic heterocycles. The van der Waals surface area contributed by atoms with Crippen molar-refractivity contribution in [1.29, 1.82) is 0 Å². The SMILES string of the molecule is COc1c(C)ccc(C(O)C(Cn2cc3nccc(C(=O)O)c3n2)OC2CCCC2)c1F. The smallest absolute Gasteiger partial charge is 0.338 e. The Bertz CT molecular complexity index is 1130. The highest BCUT2D eigenvalue weighted by atomic mass is 19.1. The second-order valence-electron chi connectivity index (χ2n) is 8.09. The average Bonchev–Trinajstić information content (AvgIpc) is 3.42. The Balaban J connectivity index is 1.68. The maximum atomic E-state index is 15.1. The molecule has 0 spiro atoms. The van der Waals surface area contributed by atoms with Crippen LogP contribution < -0.4 is 4.74 Å². The molecule has 2 atom stereocenters. The second kappa shape index (κ2) is 9.22. The minimum Gasteiger partial charge on any atom is -0.493 e. The van der Waals surface area contributed by atoms with Crippen LogP contribution in [-0.4, -0.2) is 50.3 Å². The van der Waals surface area contributed by atoms with Crippen molar-refractivity contribution < 1.29 is 28.9 Å². The van der Waals surface area contributed by atoms with Crippen molar-refractivity contribution in [2.24, 2.45) is 0 Å². The van der Waals surface area contributed by atoms with Gasteiger partial charge in [0.25, 0.3) is 0 Å². The number of rotatable bonds is 8. The van der Waals surface area contributed by atoms with E-state index >= 15 is 4.39 Å². The molecule has 32 heavy (non-hydrogen) atoms. The number of halogens is 1. The second-order valence-corrected chi connectivity index (χ2v) is 8.09. The van der Waals surface area contributed by atoms with E-state index in [1.54, 1.807) is 19.2 Å². The van der Waals surface area contributed by atoms with Crippen LogP contribution in [0.5, 0.6) is 5.75 Å². The van der Waals surface area contributed by atoms with Gasteiger partial charge in [-0.05, 0) is 31.4 Å². The Morgan fingerprint density at radius 1 is 1.31 bits per heavy atom. The van der Waals surface area contributed by atoms with Crippen LogP contribution in [0, 0.1) is 12.7 Å². The molecule has 9 heteroatoms. The fourth-order valence-electron chi connectivity index (χ4n) is 4.25. The molecule has 3 aromatic rings. The highest BCUT2D eigenvalue weighted by molar-refractivity contribution is 6.00. The molecule has 4 rings (SSSR count). The number of aromatic nitrogens is 3. The van der Waals surface area contributed by atoms with E-state index in [1.165, 1.54) is 30.1 Å². The third kappa shape index (κ3) is 4.31. The topological polar surface area (TPSA) is 107 Å². The molecule has 2 heterocycles. The maximum Gasteiger partial charge on any atom is 0.338 e. The first-order valence-corrected chi connectivity index (χ1v) is 10.6. The number of hydrogen-bond acceptors (Lipinski definition) is 6. The number of aromatic carboxylic acids is 1. The fourth-order valence-corrected chi connectivity index (χ4v) is 4.25. The van der Waals surface area contributed by atoms with E-state index in [2.05, 4.69) is 10.1 Å². The fraction of sp³-hybridized carbons (Fsp3) is 0.435. The van der Waals surface area contributed by atoms with Crippen molar-refractivity contribution in [2.45, 2.75) is 57.5 Å². The summed E-state index contributed by atoms with van der Waals surface area (Å²) < 4.78 is 27.9. The van der Waals surface area contributed by atoms with Crippen LogP contribution in [0.2, 0.25) is 0 Å². The highest BCUT2D eigenvalue weighted by Gasteiger charge is 2.31. The van der Waals surface area contributed by atoms with Crippen molar-refractivity contribution >= 4 is 17.0 Å². The summed E-state index contributed by atoms with van der Waals surface area (Å²) in [6, 6.07) is 4.61. The lowest BCUT2D eigenvalue weighted by Gasteiger charge is -2.27. The van der Waals surface area contributed by atoms with Crippen molar-refractivity contribution in [1.82, 2.24) is 14.8 Å². The molecule has 8 nitrogen and oxygen atoms in total. The lowest BCUT2D eigenvalue weighted by atomic mass is 10.0. The molecular formula is C23H26FN3O5. The van der Waals surface area contributed by atoms with Crippen molar-refractivity contribution in [3.05, 3.63) is 53.1 Å². The number of ether oxygens (including phenoxy) is 2. The van der Waals surface area contributed by atoms with Gasteiger partial charge in [0.15, 0.2) is 11.6 Å². The summed E-state index contributed by atoms with van der Waals surface area (Å²) in [5.41, 5.74) is 1.41. The van der Waals surface area contributed by atoms with E-state index in [9.17, 15) is 15.0 Å². The van der Waals surface area contributed by atoms with Crippen LogP contribution in [0.3, 0.4) is 0 Å². The van der Waals surface area contributed by atoms with Crippen LogP contribution in [0.25, 0.3) is 11.0 Å². The Morgan fingerprint density at radius 3 is 2.75 bits per heavy atom. The summed E-state index contributed by atoms with van der Waals surface area (Å²) in [4.78, 5) is 15.7. The van der Waals surface area contributed by atoms with E-state index < -0.39 is 24.0 Å². The number of fused-ring (bicyclic) bond motifs is 1. The molecule has 1 fully saturated rings. The number of methoxy groups -OCH3 is 1. The third-order valence-corrected chi connectivity index (χ3v) is 5.92. The number of hydrogen-bond donors (Lipinski definition) is 2. The van der Waals surface area contributed by atoms with Gasteiger partial charge in [-0.1, -0.05) is 25.0 Å². The Labute approximate surface area is 184 Å². The highest BCUT2D eigenvalue weighted by Crippen LogP contribution is 2.33. The van der Waals surface area contributed by atoms with Crippen LogP contribution in [-0.2, 0) is 11.3 Å². The van der Waals surface area contributed by atoms with Gasteiger partial charge in [0.05, 0.1) is 31.5 Å². The van der Waals surface area contributed by atoms with Crippen LogP contribution in [0.1, 0.15) is 53.3 Å². The summed E-state index contributed by atoms with van der Waals surface area (Å²) in [5.74, 6) is -1.64. The lowest BCUT2D eigenvalue weighted by Crippen LogP contribution is -2.32. The summed E-state index contributed by atoms with van der Waals surface area (Å²) >= 11 is 0. The van der Waals surface area contributed by atoms with E-state index in [4.69, 9.17) is 9.47 Å². The molecule has 170 valence electrons. The lowest BCUT2D eigenvalue weighted by molar-refractivity contribution is -0.0854. The van der Waals surface area contributed by atoms with Crippen molar-refractivity contribution in [2.75, 3.05) is 7.11 Å².